The number of carbonyl (C=O) groups excluding carboxylic acids is 1. The average molecular weight is 400 g/mol. The number of methoxy groups -OCH3 is 1. The number of Topliss-reactive ketones (excluding diaryl/α,β-unsaturated/α-hetero) is 1. The molecule has 1 unspecified atom stereocenters. The third-order valence-electron chi connectivity index (χ3n) is 4.61. The molecule has 1 atom stereocenters. The fraction of sp³-hybridized carbons (Fsp3) is 0.381. The van der Waals surface area contributed by atoms with Gasteiger partial charge in [-0.1, -0.05) is 42.1 Å². The minimum Gasteiger partial charge on any atom is -0.416 e. The Labute approximate surface area is 169 Å². The highest BCUT2D eigenvalue weighted by molar-refractivity contribution is 7.99. The fourth-order valence-electron chi connectivity index (χ4n) is 3.40. The smallest absolute Gasteiger partial charge is 0.277 e. The van der Waals surface area contributed by atoms with E-state index in [1.807, 2.05) is 50.2 Å². The van der Waals surface area contributed by atoms with Gasteiger partial charge in [0.25, 0.3) is 5.22 Å². The van der Waals surface area contributed by atoms with Crippen LogP contribution < -0.4 is 0 Å². The Morgan fingerprint density at radius 1 is 1.25 bits per heavy atom. The third-order valence-corrected chi connectivity index (χ3v) is 5.43. The van der Waals surface area contributed by atoms with Gasteiger partial charge in [-0.2, -0.15) is 0 Å². The number of ether oxygens (including phenoxy) is 1. The van der Waals surface area contributed by atoms with Crippen molar-refractivity contribution in [1.29, 1.82) is 0 Å². The lowest BCUT2D eigenvalue weighted by atomic mass is 10.2. The first-order valence-electron chi connectivity index (χ1n) is 9.19. The molecule has 3 aromatic rings. The number of hydrogen-bond donors (Lipinski definition) is 0. The number of rotatable bonds is 9. The standard InChI is InChI=1S/C21H25N3O3S/c1-14-10-18(16(3)24(14)15(2)12-26-4)19(25)13-28-21-23-22-20(27-21)11-17-8-6-5-7-9-17/h5-10,15H,11-13H2,1-4H3. The van der Waals surface area contributed by atoms with E-state index in [-0.39, 0.29) is 17.6 Å². The zero-order valence-electron chi connectivity index (χ0n) is 16.6. The average Bonchev–Trinajstić information content (AvgIpc) is 3.24. The monoisotopic (exact) mass is 399 g/mol. The Hall–Kier alpha value is -2.38. The van der Waals surface area contributed by atoms with Crippen molar-refractivity contribution in [2.45, 2.75) is 38.5 Å². The number of aryl methyl sites for hydroxylation is 1. The third kappa shape index (κ3) is 4.72. The van der Waals surface area contributed by atoms with Gasteiger partial charge in [0, 0.05) is 24.1 Å². The molecule has 1 aromatic carbocycles. The van der Waals surface area contributed by atoms with Crippen molar-refractivity contribution >= 4 is 17.5 Å². The summed E-state index contributed by atoms with van der Waals surface area (Å²) in [5.74, 6) is 0.861. The molecule has 6 nitrogen and oxygen atoms in total. The van der Waals surface area contributed by atoms with E-state index in [1.165, 1.54) is 11.8 Å². The lowest BCUT2D eigenvalue weighted by Crippen LogP contribution is -2.14. The highest BCUT2D eigenvalue weighted by Crippen LogP contribution is 2.24. The van der Waals surface area contributed by atoms with Crippen LogP contribution in [0.5, 0.6) is 0 Å². The van der Waals surface area contributed by atoms with Crippen molar-refractivity contribution in [2.24, 2.45) is 0 Å². The van der Waals surface area contributed by atoms with Gasteiger partial charge in [-0.3, -0.25) is 4.79 Å². The summed E-state index contributed by atoms with van der Waals surface area (Å²) in [5, 5.41) is 8.54. The predicted molar refractivity (Wildman–Crippen MR) is 109 cm³/mol. The lowest BCUT2D eigenvalue weighted by Gasteiger charge is -2.17. The molecule has 0 amide bonds. The van der Waals surface area contributed by atoms with Crippen molar-refractivity contribution in [3.8, 4) is 0 Å². The first kappa shape index (κ1) is 20.4. The first-order chi connectivity index (χ1) is 13.5. The number of nitrogens with zero attached hydrogens (tertiary/aromatic N) is 3. The molecule has 0 radical (unpaired) electrons. The SMILES string of the molecule is COCC(C)n1c(C)cc(C(=O)CSc2nnc(Cc3ccccc3)o2)c1C. The molecule has 2 aromatic heterocycles. The summed E-state index contributed by atoms with van der Waals surface area (Å²) in [7, 11) is 1.68. The summed E-state index contributed by atoms with van der Waals surface area (Å²) < 4.78 is 13.1. The van der Waals surface area contributed by atoms with Gasteiger partial charge in [0.15, 0.2) is 5.78 Å². The molecular formula is C21H25N3O3S. The van der Waals surface area contributed by atoms with Crippen LogP contribution in [0.3, 0.4) is 0 Å². The zero-order chi connectivity index (χ0) is 20.1. The molecule has 3 rings (SSSR count). The Morgan fingerprint density at radius 2 is 2.00 bits per heavy atom. The van der Waals surface area contributed by atoms with Crippen molar-refractivity contribution in [3.63, 3.8) is 0 Å². The second-order valence-corrected chi connectivity index (χ2v) is 7.72. The lowest BCUT2D eigenvalue weighted by molar-refractivity contribution is 0.102. The topological polar surface area (TPSA) is 70.2 Å². The first-order valence-corrected chi connectivity index (χ1v) is 10.2. The maximum absolute atomic E-state index is 12.7. The Kier molecular flexibility index (Phi) is 6.70. The summed E-state index contributed by atoms with van der Waals surface area (Å²) in [6, 6.07) is 12.1. The van der Waals surface area contributed by atoms with Gasteiger partial charge < -0.3 is 13.7 Å². The zero-order valence-corrected chi connectivity index (χ0v) is 17.5. The molecule has 0 spiro atoms. The molecule has 28 heavy (non-hydrogen) atoms. The largest absolute Gasteiger partial charge is 0.416 e. The van der Waals surface area contributed by atoms with Crippen LogP contribution in [0.25, 0.3) is 0 Å². The molecule has 7 heteroatoms. The summed E-state index contributed by atoms with van der Waals surface area (Å²) in [4.78, 5) is 12.7. The van der Waals surface area contributed by atoms with Gasteiger partial charge in [0.05, 0.1) is 24.8 Å². The maximum atomic E-state index is 12.7. The van der Waals surface area contributed by atoms with Gasteiger partial charge in [0.2, 0.25) is 5.89 Å². The Balaban J connectivity index is 1.63. The van der Waals surface area contributed by atoms with Crippen LogP contribution in [0.1, 0.15) is 46.2 Å². The molecule has 0 aliphatic heterocycles. The van der Waals surface area contributed by atoms with E-state index >= 15 is 0 Å². The quantitative estimate of drug-likeness (QED) is 0.395. The second kappa shape index (κ2) is 9.21. The van der Waals surface area contributed by atoms with E-state index in [9.17, 15) is 4.79 Å². The number of hydrogen-bond acceptors (Lipinski definition) is 6. The van der Waals surface area contributed by atoms with Crippen LogP contribution in [0.2, 0.25) is 0 Å². The van der Waals surface area contributed by atoms with E-state index in [0.717, 1.165) is 22.5 Å². The summed E-state index contributed by atoms with van der Waals surface area (Å²) in [5.41, 5.74) is 3.86. The van der Waals surface area contributed by atoms with Crippen molar-refractivity contribution < 1.29 is 13.9 Å². The van der Waals surface area contributed by atoms with E-state index in [4.69, 9.17) is 9.15 Å². The van der Waals surface area contributed by atoms with Gasteiger partial charge in [0.1, 0.15) is 0 Å². The van der Waals surface area contributed by atoms with Crippen LogP contribution in [-0.4, -0.2) is 40.0 Å². The highest BCUT2D eigenvalue weighted by atomic mass is 32.2. The number of ketones is 1. The van der Waals surface area contributed by atoms with E-state index in [0.29, 0.717) is 24.1 Å². The minimum atomic E-state index is 0.0526. The molecule has 0 aliphatic rings. The van der Waals surface area contributed by atoms with Crippen molar-refractivity contribution in [1.82, 2.24) is 14.8 Å². The maximum Gasteiger partial charge on any atom is 0.277 e. The number of thioether (sulfide) groups is 1. The molecular weight excluding hydrogens is 374 g/mol. The second-order valence-electron chi connectivity index (χ2n) is 6.80. The molecule has 0 fully saturated rings. The molecule has 0 N–H and O–H groups in total. The van der Waals surface area contributed by atoms with Crippen LogP contribution in [0, 0.1) is 13.8 Å². The molecule has 2 heterocycles. The summed E-state index contributed by atoms with van der Waals surface area (Å²) in [6.07, 6.45) is 0.584. The molecule has 0 bridgehead atoms. The normalized spacial score (nSPS) is 12.3. The number of aromatic nitrogens is 3. The van der Waals surface area contributed by atoms with E-state index < -0.39 is 0 Å². The van der Waals surface area contributed by atoms with E-state index in [1.54, 1.807) is 7.11 Å². The Bertz CT molecular complexity index is 934. The molecule has 148 valence electrons. The fourth-order valence-corrected chi connectivity index (χ4v) is 4.06. The summed E-state index contributed by atoms with van der Waals surface area (Å²) in [6.45, 7) is 6.67. The van der Waals surface area contributed by atoms with Crippen LogP contribution >= 0.6 is 11.8 Å². The number of carbonyl (C=O) groups is 1. The number of benzene rings is 1. The van der Waals surface area contributed by atoms with Crippen molar-refractivity contribution in [2.75, 3.05) is 19.5 Å². The van der Waals surface area contributed by atoms with Crippen LogP contribution in [0.4, 0.5) is 0 Å². The van der Waals surface area contributed by atoms with Gasteiger partial charge in [-0.05, 0) is 32.4 Å². The molecule has 0 aliphatic carbocycles. The molecule has 0 saturated carbocycles. The van der Waals surface area contributed by atoms with Gasteiger partial charge in [-0.15, -0.1) is 10.2 Å². The van der Waals surface area contributed by atoms with Crippen molar-refractivity contribution in [3.05, 3.63) is 64.8 Å². The van der Waals surface area contributed by atoms with Crippen LogP contribution in [0.15, 0.2) is 46.0 Å². The highest BCUT2D eigenvalue weighted by Gasteiger charge is 2.19. The summed E-state index contributed by atoms with van der Waals surface area (Å²) >= 11 is 1.27. The molecule has 0 saturated heterocycles. The van der Waals surface area contributed by atoms with Crippen LogP contribution in [-0.2, 0) is 11.2 Å². The Morgan fingerprint density at radius 3 is 2.71 bits per heavy atom. The predicted octanol–water partition coefficient (Wildman–Crippen LogP) is 4.26. The minimum absolute atomic E-state index is 0.0526. The van der Waals surface area contributed by atoms with Gasteiger partial charge >= 0.3 is 0 Å². The van der Waals surface area contributed by atoms with Gasteiger partial charge in [-0.25, -0.2) is 0 Å². The van der Waals surface area contributed by atoms with E-state index in [2.05, 4.69) is 21.7 Å².